The Morgan fingerprint density at radius 3 is 2.33 bits per heavy atom. The predicted octanol–water partition coefficient (Wildman–Crippen LogP) is 5.61. The zero-order valence-corrected chi connectivity index (χ0v) is 15.1. The highest BCUT2D eigenvalue weighted by Gasteiger charge is 2.15. The molecule has 4 aromatic carbocycles. The van der Waals surface area contributed by atoms with Gasteiger partial charge in [-0.05, 0) is 58.7 Å². The molecule has 2 N–H and O–H groups in total. The second-order valence-corrected chi connectivity index (χ2v) is 6.79. The summed E-state index contributed by atoms with van der Waals surface area (Å²) in [5.74, 6) is 0.747. The van der Waals surface area contributed by atoms with Crippen molar-refractivity contribution in [3.05, 3.63) is 83.6 Å². The van der Waals surface area contributed by atoms with Crippen LogP contribution in [-0.2, 0) is 0 Å². The number of benzene rings is 4. The molecule has 0 spiro atoms. The van der Waals surface area contributed by atoms with Gasteiger partial charge in [0.15, 0.2) is 10.6 Å². The fraction of sp³-hybridized carbons (Fsp3) is 0. The number of H-pyrrole nitrogens is 1. The molecule has 130 valence electrons. The van der Waals surface area contributed by atoms with E-state index in [1.165, 1.54) is 5.39 Å². The number of para-hydroxylation sites is 1. The monoisotopic (exact) mass is 369 g/mol. The Morgan fingerprint density at radius 2 is 1.52 bits per heavy atom. The van der Waals surface area contributed by atoms with Crippen LogP contribution in [0.3, 0.4) is 0 Å². The number of nitrogens with one attached hydrogen (secondary N) is 1. The molecular weight excluding hydrogens is 354 g/mol. The summed E-state index contributed by atoms with van der Waals surface area (Å²) in [4.78, 5) is 0. The molecule has 0 unspecified atom stereocenters. The summed E-state index contributed by atoms with van der Waals surface area (Å²) in [6, 6.07) is 25.9. The van der Waals surface area contributed by atoms with Crippen LogP contribution < -0.4 is 0 Å². The number of phenolic OH excluding ortho intramolecular Hbond substituents is 1. The zero-order valence-electron chi connectivity index (χ0n) is 14.3. The van der Waals surface area contributed by atoms with Crippen LogP contribution in [0.25, 0.3) is 38.6 Å². The van der Waals surface area contributed by atoms with Crippen LogP contribution in [0.1, 0.15) is 0 Å². The number of phenols is 1. The van der Waals surface area contributed by atoms with E-state index in [1.54, 1.807) is 12.1 Å². The molecule has 0 amide bonds. The largest absolute Gasteiger partial charge is 0.507 e. The number of rotatable bonds is 2. The Labute approximate surface area is 160 Å². The van der Waals surface area contributed by atoms with Crippen LogP contribution >= 0.6 is 12.2 Å². The second kappa shape index (κ2) is 6.07. The van der Waals surface area contributed by atoms with Crippen molar-refractivity contribution in [1.82, 2.24) is 14.8 Å². The molecule has 1 heterocycles. The topological polar surface area (TPSA) is 53.8 Å². The first-order chi connectivity index (χ1) is 13.2. The molecule has 5 aromatic rings. The maximum atomic E-state index is 10.3. The molecule has 5 rings (SSSR count). The van der Waals surface area contributed by atoms with Crippen molar-refractivity contribution in [2.45, 2.75) is 0 Å². The fourth-order valence-corrected chi connectivity index (χ4v) is 3.74. The highest BCUT2D eigenvalue weighted by molar-refractivity contribution is 7.71. The summed E-state index contributed by atoms with van der Waals surface area (Å²) in [5.41, 5.74) is 1.55. The minimum atomic E-state index is 0.165. The molecule has 5 heteroatoms. The van der Waals surface area contributed by atoms with Crippen molar-refractivity contribution in [1.29, 1.82) is 0 Å². The maximum Gasteiger partial charge on any atom is 0.200 e. The van der Waals surface area contributed by atoms with Crippen molar-refractivity contribution >= 4 is 33.8 Å². The average molecular weight is 369 g/mol. The molecule has 0 atom stereocenters. The number of hydrogen-bond acceptors (Lipinski definition) is 3. The minimum Gasteiger partial charge on any atom is -0.507 e. The minimum absolute atomic E-state index is 0.165. The maximum absolute atomic E-state index is 10.3. The summed E-state index contributed by atoms with van der Waals surface area (Å²) in [6.45, 7) is 0. The molecule has 27 heavy (non-hydrogen) atoms. The molecule has 0 radical (unpaired) electrons. The van der Waals surface area contributed by atoms with Crippen LogP contribution in [0.4, 0.5) is 0 Å². The smallest absolute Gasteiger partial charge is 0.200 e. The van der Waals surface area contributed by atoms with E-state index in [4.69, 9.17) is 12.2 Å². The molecule has 0 aliphatic rings. The third-order valence-corrected chi connectivity index (χ3v) is 5.06. The predicted molar refractivity (Wildman–Crippen MR) is 111 cm³/mol. The van der Waals surface area contributed by atoms with Gasteiger partial charge in [0.1, 0.15) is 5.75 Å². The fourth-order valence-electron chi connectivity index (χ4n) is 3.51. The summed E-state index contributed by atoms with van der Waals surface area (Å²) >= 11 is 5.52. The molecule has 1 aromatic heterocycles. The molecule has 0 fully saturated rings. The highest BCUT2D eigenvalue weighted by atomic mass is 32.1. The van der Waals surface area contributed by atoms with E-state index in [9.17, 15) is 5.11 Å². The number of nitrogens with zero attached hydrogens (tertiary/aromatic N) is 2. The number of aromatic hydroxyl groups is 1. The summed E-state index contributed by atoms with van der Waals surface area (Å²) in [6.07, 6.45) is 0. The van der Waals surface area contributed by atoms with Gasteiger partial charge >= 0.3 is 0 Å². The zero-order chi connectivity index (χ0) is 18.4. The third kappa shape index (κ3) is 2.52. The van der Waals surface area contributed by atoms with Crippen LogP contribution in [0.15, 0.2) is 78.9 Å². The van der Waals surface area contributed by atoms with Gasteiger partial charge in [0.2, 0.25) is 0 Å². The highest BCUT2D eigenvalue weighted by Crippen LogP contribution is 2.33. The molecule has 0 bridgehead atoms. The van der Waals surface area contributed by atoms with Gasteiger partial charge < -0.3 is 5.11 Å². The van der Waals surface area contributed by atoms with E-state index in [2.05, 4.69) is 40.5 Å². The van der Waals surface area contributed by atoms with Gasteiger partial charge in [0.25, 0.3) is 0 Å². The van der Waals surface area contributed by atoms with Gasteiger partial charge in [-0.3, -0.25) is 9.67 Å². The molecule has 0 aliphatic carbocycles. The summed E-state index contributed by atoms with van der Waals surface area (Å²) in [7, 11) is 0. The van der Waals surface area contributed by atoms with E-state index in [1.807, 2.05) is 41.0 Å². The first-order valence-corrected chi connectivity index (χ1v) is 9.01. The van der Waals surface area contributed by atoms with Gasteiger partial charge in [-0.25, -0.2) is 0 Å². The van der Waals surface area contributed by atoms with E-state index in [-0.39, 0.29) is 5.75 Å². The van der Waals surface area contributed by atoms with E-state index < -0.39 is 0 Å². The van der Waals surface area contributed by atoms with Crippen molar-refractivity contribution in [3.8, 4) is 22.8 Å². The van der Waals surface area contributed by atoms with Crippen LogP contribution in [0.2, 0.25) is 0 Å². The SMILES string of the molecule is Oc1ccccc1-c1n[nH]c(=S)n1-c1cccc2cc3ccccc3cc12. The molecule has 0 saturated heterocycles. The first-order valence-electron chi connectivity index (χ1n) is 8.60. The van der Waals surface area contributed by atoms with Crippen LogP contribution in [0.5, 0.6) is 5.75 Å². The Balaban J connectivity index is 1.85. The summed E-state index contributed by atoms with van der Waals surface area (Å²) in [5, 5.41) is 22.1. The lowest BCUT2D eigenvalue weighted by Gasteiger charge is -2.12. The van der Waals surface area contributed by atoms with E-state index in [0.717, 1.165) is 21.8 Å². The van der Waals surface area contributed by atoms with Crippen LogP contribution in [0, 0.1) is 4.77 Å². The van der Waals surface area contributed by atoms with E-state index >= 15 is 0 Å². The summed E-state index contributed by atoms with van der Waals surface area (Å²) < 4.78 is 2.36. The standard InChI is InChI=1S/C22H15N3OS/c26-20-11-4-3-9-17(20)21-23-24-22(27)25(21)19-10-5-8-16-12-14-6-1-2-7-15(14)13-18(16)19/h1-13,26H,(H,24,27). The first kappa shape index (κ1) is 15.8. The van der Waals surface area contributed by atoms with Gasteiger partial charge in [-0.1, -0.05) is 48.5 Å². The molecule has 4 nitrogen and oxygen atoms in total. The molecule has 0 aliphatic heterocycles. The van der Waals surface area contributed by atoms with Crippen molar-refractivity contribution < 1.29 is 5.11 Å². The van der Waals surface area contributed by atoms with Crippen molar-refractivity contribution in [2.75, 3.05) is 0 Å². The lowest BCUT2D eigenvalue weighted by atomic mass is 10.0. The van der Waals surface area contributed by atoms with E-state index in [0.29, 0.717) is 16.2 Å². The van der Waals surface area contributed by atoms with Crippen molar-refractivity contribution in [2.24, 2.45) is 0 Å². The second-order valence-electron chi connectivity index (χ2n) is 6.40. The number of fused-ring (bicyclic) bond motifs is 2. The van der Waals surface area contributed by atoms with Gasteiger partial charge in [-0.2, -0.15) is 5.10 Å². The number of aromatic nitrogens is 3. The third-order valence-electron chi connectivity index (χ3n) is 4.78. The Kier molecular flexibility index (Phi) is 3.55. The average Bonchev–Trinajstić information content (AvgIpc) is 3.07. The lowest BCUT2D eigenvalue weighted by Crippen LogP contribution is -1.99. The Hall–Kier alpha value is -3.44. The van der Waals surface area contributed by atoms with Gasteiger partial charge in [0, 0.05) is 5.39 Å². The van der Waals surface area contributed by atoms with Crippen molar-refractivity contribution in [3.63, 3.8) is 0 Å². The number of hydrogen-bond donors (Lipinski definition) is 2. The van der Waals surface area contributed by atoms with Gasteiger partial charge in [-0.15, -0.1) is 0 Å². The normalized spacial score (nSPS) is 11.3. The van der Waals surface area contributed by atoms with Gasteiger partial charge in [0.05, 0.1) is 11.3 Å². The molecular formula is C22H15N3OS. The Morgan fingerprint density at radius 1 is 0.815 bits per heavy atom. The lowest BCUT2D eigenvalue weighted by molar-refractivity contribution is 0.476. The number of aromatic amines is 1. The Bertz CT molecular complexity index is 1370. The molecule has 0 saturated carbocycles. The van der Waals surface area contributed by atoms with Crippen LogP contribution in [-0.4, -0.2) is 19.9 Å². The quantitative estimate of drug-likeness (QED) is 0.314.